The summed E-state index contributed by atoms with van der Waals surface area (Å²) in [6.45, 7) is 6.99. The number of hydrazine groups is 1. The molecule has 1 aromatic carbocycles. The van der Waals surface area contributed by atoms with Crippen molar-refractivity contribution in [3.63, 3.8) is 0 Å². The molecular weight excluding hydrogens is 509 g/mol. The van der Waals surface area contributed by atoms with Gasteiger partial charge in [-0.15, -0.1) is 0 Å². The van der Waals surface area contributed by atoms with Gasteiger partial charge in [-0.3, -0.25) is 14.8 Å². The van der Waals surface area contributed by atoms with Gasteiger partial charge in [0.25, 0.3) is 0 Å². The van der Waals surface area contributed by atoms with E-state index in [1.54, 1.807) is 6.07 Å². The summed E-state index contributed by atoms with van der Waals surface area (Å²) in [5.74, 6) is 0.0264. The molecule has 1 saturated heterocycles. The lowest BCUT2D eigenvalue weighted by Crippen LogP contribution is -2.89. The number of pyridine rings is 2. The number of fused-ring (bicyclic) bond motifs is 3. The van der Waals surface area contributed by atoms with Gasteiger partial charge in [-0.2, -0.15) is 0 Å². The van der Waals surface area contributed by atoms with Gasteiger partial charge in [-0.05, 0) is 43.0 Å². The minimum atomic E-state index is -0.341. The molecular formula is C30H35FN7O2+. The summed E-state index contributed by atoms with van der Waals surface area (Å²) < 4.78 is 23.4. The number of hydrogen-bond donors (Lipinski definition) is 3. The number of carbonyl (C=O) groups excluding carboxylic acids is 1. The molecule has 4 N–H and O–H groups in total. The van der Waals surface area contributed by atoms with E-state index < -0.39 is 0 Å². The Balaban J connectivity index is 1.64. The molecule has 2 aliphatic rings. The van der Waals surface area contributed by atoms with Crippen LogP contribution >= 0.6 is 0 Å². The first-order valence-electron chi connectivity index (χ1n) is 13.8. The van der Waals surface area contributed by atoms with Gasteiger partial charge in [0, 0.05) is 55.8 Å². The van der Waals surface area contributed by atoms with Crippen molar-refractivity contribution < 1.29 is 19.3 Å². The highest BCUT2D eigenvalue weighted by atomic mass is 19.1. The second-order valence-corrected chi connectivity index (χ2v) is 11.0. The fourth-order valence-electron chi connectivity index (χ4n) is 5.89. The van der Waals surface area contributed by atoms with Gasteiger partial charge < -0.3 is 14.6 Å². The van der Waals surface area contributed by atoms with Crippen molar-refractivity contribution >= 4 is 39.5 Å². The quantitative estimate of drug-likeness (QED) is 0.318. The molecule has 0 radical (unpaired) electrons. The maximum absolute atomic E-state index is 15.6. The third kappa shape index (κ3) is 4.61. The van der Waals surface area contributed by atoms with Crippen molar-refractivity contribution in [2.45, 2.75) is 39.7 Å². The van der Waals surface area contributed by atoms with E-state index in [4.69, 9.17) is 14.7 Å². The predicted molar refractivity (Wildman–Crippen MR) is 152 cm³/mol. The van der Waals surface area contributed by atoms with Crippen LogP contribution in [0, 0.1) is 17.7 Å². The molecule has 10 heteroatoms. The summed E-state index contributed by atoms with van der Waals surface area (Å²) in [6, 6.07) is 12.5. The molecule has 6 rings (SSSR count). The largest absolute Gasteiger partial charge is 0.381 e. The van der Waals surface area contributed by atoms with Crippen LogP contribution in [-0.4, -0.2) is 45.7 Å². The average molecular weight is 545 g/mol. The van der Waals surface area contributed by atoms with Crippen LogP contribution in [0.15, 0.2) is 54.4 Å². The number of quaternary nitrogens is 1. The van der Waals surface area contributed by atoms with Crippen LogP contribution in [0.3, 0.4) is 0 Å². The van der Waals surface area contributed by atoms with E-state index in [0.717, 1.165) is 46.2 Å². The standard InChI is InChI=1S/C30H34FN7O2/c1-17(2)30(39)34-25-10-9-22-26-24(15-20(16-32-26)27-18(3)35-36-37(27)4)38(29(22)33-25)28(19-11-13-40-14-12-19)21-7-5-6-8-23(21)31/h5-10,15-17,19,28,35-36H,11-14H2,1-4H3,(H,33,34,39)/p+1/t28-/m0/s1. The minimum absolute atomic E-state index is 0.111. The number of nitrogens with zero attached hydrogens (tertiary/aromatic N) is 4. The number of nitrogens with two attached hydrogens (primary N) is 1. The number of carbonyl (C=O) groups is 1. The summed E-state index contributed by atoms with van der Waals surface area (Å²) in [5, 5.41) is 5.76. The molecule has 0 bridgehead atoms. The first-order chi connectivity index (χ1) is 19.3. The maximum Gasteiger partial charge on any atom is 0.228 e. The molecule has 0 spiro atoms. The van der Waals surface area contributed by atoms with Crippen molar-refractivity contribution in [1.82, 2.24) is 25.1 Å². The first kappa shape index (κ1) is 26.4. The van der Waals surface area contributed by atoms with Crippen LogP contribution in [-0.2, 0) is 9.53 Å². The summed E-state index contributed by atoms with van der Waals surface area (Å²) >= 11 is 0. The molecule has 9 nitrogen and oxygen atoms in total. The van der Waals surface area contributed by atoms with E-state index in [0.29, 0.717) is 30.2 Å². The molecule has 5 heterocycles. The van der Waals surface area contributed by atoms with Crippen molar-refractivity contribution in [2.24, 2.45) is 11.8 Å². The number of amides is 1. The lowest BCUT2D eigenvalue weighted by Gasteiger charge is -2.33. The molecule has 0 unspecified atom stereocenters. The van der Waals surface area contributed by atoms with Gasteiger partial charge in [0.1, 0.15) is 28.7 Å². The lowest BCUT2D eigenvalue weighted by atomic mass is 9.86. The third-order valence-corrected chi connectivity index (χ3v) is 7.93. The second-order valence-electron chi connectivity index (χ2n) is 11.0. The van der Waals surface area contributed by atoms with E-state index in [1.807, 2.05) is 61.8 Å². The molecule has 3 aromatic heterocycles. The number of halogens is 1. The van der Waals surface area contributed by atoms with Crippen LogP contribution in [0.1, 0.15) is 50.8 Å². The normalized spacial score (nSPS) is 17.4. The van der Waals surface area contributed by atoms with E-state index in [9.17, 15) is 4.79 Å². The van der Waals surface area contributed by atoms with E-state index in [2.05, 4.69) is 28.4 Å². The number of rotatable bonds is 6. The van der Waals surface area contributed by atoms with Gasteiger partial charge in [0.15, 0.2) is 0 Å². The molecule has 0 saturated carbocycles. The number of ether oxygens (including phenoxy) is 1. The van der Waals surface area contributed by atoms with E-state index in [1.165, 1.54) is 6.07 Å². The highest BCUT2D eigenvalue weighted by Gasteiger charge is 2.33. The Kier molecular flexibility index (Phi) is 6.99. The third-order valence-electron chi connectivity index (χ3n) is 7.93. The summed E-state index contributed by atoms with van der Waals surface area (Å²) in [5.41, 5.74) is 11.2. The van der Waals surface area contributed by atoms with Crippen LogP contribution in [0.4, 0.5) is 10.2 Å². The van der Waals surface area contributed by atoms with Crippen molar-refractivity contribution in [1.29, 1.82) is 0 Å². The fourth-order valence-corrected chi connectivity index (χ4v) is 5.89. The Morgan fingerprint density at radius 1 is 1.20 bits per heavy atom. The van der Waals surface area contributed by atoms with Crippen molar-refractivity contribution in [2.75, 3.05) is 25.6 Å². The summed E-state index contributed by atoms with van der Waals surface area (Å²) in [6.07, 6.45) is 3.47. The highest BCUT2D eigenvalue weighted by Crippen LogP contribution is 2.41. The number of aromatic nitrogens is 3. The number of hydrogen-bond acceptors (Lipinski definition) is 6. The molecule has 1 fully saturated rings. The zero-order valence-electron chi connectivity index (χ0n) is 23.2. The Bertz CT molecular complexity index is 1620. The molecule has 1 atom stereocenters. The number of nitrogens with one attached hydrogen (secondary N) is 2. The second kappa shape index (κ2) is 10.6. The predicted octanol–water partition coefficient (Wildman–Crippen LogP) is 3.95. The van der Waals surface area contributed by atoms with E-state index >= 15 is 4.39 Å². The van der Waals surface area contributed by atoms with Gasteiger partial charge in [0.05, 0.1) is 17.1 Å². The molecule has 4 aromatic rings. The summed E-state index contributed by atoms with van der Waals surface area (Å²) in [7, 11) is 1.97. The van der Waals surface area contributed by atoms with Gasteiger partial charge >= 0.3 is 0 Å². The zero-order chi connectivity index (χ0) is 28.0. The average Bonchev–Trinajstić information content (AvgIpc) is 3.45. The first-order valence-corrected chi connectivity index (χ1v) is 13.8. The van der Waals surface area contributed by atoms with Gasteiger partial charge in [-0.25, -0.2) is 14.8 Å². The Hall–Kier alpha value is -3.86. The van der Waals surface area contributed by atoms with Gasteiger partial charge in [-0.1, -0.05) is 37.6 Å². The van der Waals surface area contributed by atoms with Crippen molar-refractivity contribution in [3.8, 4) is 0 Å². The minimum Gasteiger partial charge on any atom is -0.381 e. The Morgan fingerprint density at radius 2 is 1.98 bits per heavy atom. The topological polar surface area (TPSA) is 101 Å². The molecule has 0 aliphatic carbocycles. The van der Waals surface area contributed by atoms with Crippen LogP contribution in [0.5, 0.6) is 0 Å². The highest BCUT2D eigenvalue weighted by molar-refractivity contribution is 6.06. The number of benzene rings is 1. The van der Waals surface area contributed by atoms with Crippen LogP contribution in [0.2, 0.25) is 0 Å². The molecule has 2 aliphatic heterocycles. The zero-order valence-corrected chi connectivity index (χ0v) is 23.2. The van der Waals surface area contributed by atoms with E-state index in [-0.39, 0.29) is 29.6 Å². The molecule has 208 valence electrons. The molecule has 40 heavy (non-hydrogen) atoms. The Morgan fingerprint density at radius 3 is 2.67 bits per heavy atom. The van der Waals surface area contributed by atoms with Crippen molar-refractivity contribution in [3.05, 3.63) is 71.3 Å². The fraction of sp³-hybridized carbons (Fsp3) is 0.367. The lowest BCUT2D eigenvalue weighted by molar-refractivity contribution is -0.675. The SMILES string of the molecule is CC1=C(c2cnc3c4ccc(NC(=O)C(C)C)nc4n([C@H](c4ccccc4F)C4CCOCC4)c3c2)N(C)N[NH2+]1. The van der Waals surface area contributed by atoms with Crippen LogP contribution in [0.25, 0.3) is 27.8 Å². The maximum atomic E-state index is 15.6. The Labute approximate surface area is 232 Å². The summed E-state index contributed by atoms with van der Waals surface area (Å²) in [4.78, 5) is 22.4. The van der Waals surface area contributed by atoms with Gasteiger partial charge in [0.2, 0.25) is 5.91 Å². The smallest absolute Gasteiger partial charge is 0.228 e. The molecule has 1 amide bonds. The monoisotopic (exact) mass is 544 g/mol. The number of allylic oxidation sites excluding steroid dienone is 1. The van der Waals surface area contributed by atoms with Crippen LogP contribution < -0.4 is 16.3 Å². The number of anilines is 1.